The van der Waals surface area contributed by atoms with E-state index in [9.17, 15) is 9.59 Å². The van der Waals surface area contributed by atoms with Crippen molar-refractivity contribution in [1.29, 1.82) is 0 Å². The summed E-state index contributed by atoms with van der Waals surface area (Å²) < 4.78 is 5.81. The minimum absolute atomic E-state index is 0.0961. The number of carbonyl (C=O) groups is 1. The summed E-state index contributed by atoms with van der Waals surface area (Å²) in [5.41, 5.74) is 3.00. The topological polar surface area (TPSA) is 78.5 Å². The number of nitrogens with one attached hydrogen (secondary N) is 1. The van der Waals surface area contributed by atoms with E-state index in [2.05, 4.69) is 39.4 Å². The number of carbonyl (C=O) groups excluding carboxylic acids is 1. The van der Waals surface area contributed by atoms with Crippen molar-refractivity contribution in [3.8, 4) is 0 Å². The molecule has 2 saturated heterocycles. The Kier molecular flexibility index (Phi) is 6.37. The molecule has 2 fully saturated rings. The maximum absolute atomic E-state index is 13.2. The van der Waals surface area contributed by atoms with Crippen LogP contribution in [0.1, 0.15) is 47.3 Å². The van der Waals surface area contributed by atoms with Crippen LogP contribution in [-0.4, -0.2) is 70.8 Å². The van der Waals surface area contributed by atoms with E-state index < -0.39 is 0 Å². The Hall–Kier alpha value is -2.51. The van der Waals surface area contributed by atoms with Gasteiger partial charge in [-0.25, -0.2) is 5.10 Å². The number of hydrogen-bond acceptors (Lipinski definition) is 5. The number of fused-ring (bicyclic) bond motifs is 1. The number of hydrogen-bond donors (Lipinski definition) is 1. The summed E-state index contributed by atoms with van der Waals surface area (Å²) in [7, 11) is 0. The first-order valence-electron chi connectivity index (χ1n) is 11.9. The van der Waals surface area contributed by atoms with E-state index in [1.54, 1.807) is 0 Å². The molecule has 5 rings (SSSR count). The van der Waals surface area contributed by atoms with Crippen molar-refractivity contribution < 1.29 is 9.53 Å². The predicted molar refractivity (Wildman–Crippen MR) is 122 cm³/mol. The monoisotopic (exact) mass is 436 g/mol. The van der Waals surface area contributed by atoms with Crippen LogP contribution in [-0.2, 0) is 17.6 Å². The molecule has 32 heavy (non-hydrogen) atoms. The van der Waals surface area contributed by atoms with E-state index >= 15 is 0 Å². The number of amides is 1. The molecule has 2 aromatic rings. The molecule has 7 heteroatoms. The maximum Gasteiger partial charge on any atom is 0.274 e. The Bertz CT molecular complexity index is 947. The van der Waals surface area contributed by atoms with Crippen LogP contribution >= 0.6 is 0 Å². The number of aromatic amines is 1. The zero-order chi connectivity index (χ0) is 21.9. The van der Waals surface area contributed by atoms with Crippen molar-refractivity contribution in [2.75, 3.05) is 32.8 Å². The molecule has 1 amide bonds. The van der Waals surface area contributed by atoms with Crippen molar-refractivity contribution in [1.82, 2.24) is 20.0 Å². The van der Waals surface area contributed by atoms with Crippen molar-refractivity contribution in [3.63, 3.8) is 0 Å². The third kappa shape index (κ3) is 4.79. The van der Waals surface area contributed by atoms with Gasteiger partial charge >= 0.3 is 0 Å². The summed E-state index contributed by atoms with van der Waals surface area (Å²) in [6.07, 6.45) is 6.64. The van der Waals surface area contributed by atoms with Gasteiger partial charge in [-0.2, -0.15) is 5.10 Å². The minimum atomic E-state index is -0.298. The average molecular weight is 437 g/mol. The van der Waals surface area contributed by atoms with Gasteiger partial charge in [0, 0.05) is 31.8 Å². The summed E-state index contributed by atoms with van der Waals surface area (Å²) >= 11 is 0. The summed E-state index contributed by atoms with van der Waals surface area (Å²) in [6, 6.07) is 12.3. The first kappa shape index (κ1) is 21.3. The lowest BCUT2D eigenvalue weighted by Gasteiger charge is -2.38. The Balaban J connectivity index is 1.20. The number of piperidine rings is 1. The van der Waals surface area contributed by atoms with Crippen LogP contribution in [0.15, 0.2) is 41.2 Å². The number of H-pyrrole nitrogens is 1. The summed E-state index contributed by atoms with van der Waals surface area (Å²) in [4.78, 5) is 29.1. The molecule has 3 heterocycles. The van der Waals surface area contributed by atoms with Gasteiger partial charge in [0.25, 0.3) is 11.5 Å². The van der Waals surface area contributed by atoms with Gasteiger partial charge in [-0.15, -0.1) is 0 Å². The molecule has 0 bridgehead atoms. The van der Waals surface area contributed by atoms with E-state index in [0.29, 0.717) is 24.2 Å². The number of ether oxygens (including phenoxy) is 1. The minimum Gasteiger partial charge on any atom is -0.376 e. The van der Waals surface area contributed by atoms with Gasteiger partial charge < -0.3 is 9.64 Å². The standard InChI is InChI=1S/C25H32N4O3/c30-24-8-7-23(26-27-24)25(31)29(17-22-6-3-13-32-22)16-18-9-11-28(12-10-18)21-14-19-4-1-2-5-20(19)15-21/h1-2,4-5,7-8,18,21-22H,3,6,9-17H2,(H,27,30). The fraction of sp³-hybridized carbons (Fsp3) is 0.560. The quantitative estimate of drug-likeness (QED) is 0.752. The molecular weight excluding hydrogens is 404 g/mol. The SMILES string of the molecule is O=C(c1ccc(=O)[nH]n1)N(CC1CCN(C2Cc3ccccc3C2)CC1)CC1CCCO1. The highest BCUT2D eigenvalue weighted by Crippen LogP contribution is 2.29. The second-order valence-electron chi connectivity index (χ2n) is 9.46. The van der Waals surface area contributed by atoms with Crippen LogP contribution in [0.5, 0.6) is 0 Å². The fourth-order valence-electron chi connectivity index (χ4n) is 5.51. The molecule has 3 aliphatic rings. The van der Waals surface area contributed by atoms with Crippen LogP contribution < -0.4 is 5.56 Å². The first-order valence-corrected chi connectivity index (χ1v) is 11.9. The number of benzene rings is 1. The van der Waals surface area contributed by atoms with Crippen molar-refractivity contribution in [2.45, 2.75) is 50.7 Å². The van der Waals surface area contributed by atoms with Gasteiger partial charge in [0.15, 0.2) is 0 Å². The largest absolute Gasteiger partial charge is 0.376 e. The molecule has 1 aromatic heterocycles. The molecule has 0 spiro atoms. The second-order valence-corrected chi connectivity index (χ2v) is 9.46. The van der Waals surface area contributed by atoms with Gasteiger partial charge in [0.1, 0.15) is 5.69 Å². The normalized spacial score (nSPS) is 22.2. The number of aromatic nitrogens is 2. The van der Waals surface area contributed by atoms with E-state index in [0.717, 1.165) is 64.8 Å². The Labute approximate surface area is 188 Å². The number of rotatable bonds is 6. The van der Waals surface area contributed by atoms with Gasteiger partial charge in [-0.3, -0.25) is 14.5 Å². The van der Waals surface area contributed by atoms with Gasteiger partial charge in [-0.05, 0) is 74.7 Å². The van der Waals surface area contributed by atoms with Crippen molar-refractivity contribution in [2.24, 2.45) is 5.92 Å². The predicted octanol–water partition coefficient (Wildman–Crippen LogP) is 2.27. The highest BCUT2D eigenvalue weighted by atomic mass is 16.5. The molecule has 1 N–H and O–H groups in total. The lowest BCUT2D eigenvalue weighted by Crippen LogP contribution is -2.46. The molecule has 0 radical (unpaired) electrons. The first-order chi connectivity index (χ1) is 15.7. The van der Waals surface area contributed by atoms with Crippen LogP contribution in [0.4, 0.5) is 0 Å². The van der Waals surface area contributed by atoms with Crippen molar-refractivity contribution >= 4 is 5.91 Å². The van der Waals surface area contributed by atoms with Crippen LogP contribution in [0.25, 0.3) is 0 Å². The van der Waals surface area contributed by atoms with E-state index in [-0.39, 0.29) is 17.6 Å². The maximum atomic E-state index is 13.2. The molecular formula is C25H32N4O3. The molecule has 1 unspecified atom stereocenters. The number of nitrogens with zero attached hydrogens (tertiary/aromatic N) is 3. The van der Waals surface area contributed by atoms with E-state index in [4.69, 9.17) is 4.74 Å². The summed E-state index contributed by atoms with van der Waals surface area (Å²) in [5, 5.41) is 6.36. The molecule has 0 saturated carbocycles. The molecule has 170 valence electrons. The van der Waals surface area contributed by atoms with Gasteiger partial charge in [-0.1, -0.05) is 24.3 Å². The van der Waals surface area contributed by atoms with Crippen LogP contribution in [0.2, 0.25) is 0 Å². The average Bonchev–Trinajstić information content (AvgIpc) is 3.49. The Morgan fingerprint density at radius 3 is 2.44 bits per heavy atom. The zero-order valence-corrected chi connectivity index (χ0v) is 18.5. The molecule has 2 aliphatic heterocycles. The lowest BCUT2D eigenvalue weighted by atomic mass is 9.94. The lowest BCUT2D eigenvalue weighted by molar-refractivity contribution is 0.0425. The van der Waals surface area contributed by atoms with E-state index in [1.807, 2.05) is 4.90 Å². The number of likely N-dealkylation sites (tertiary alicyclic amines) is 1. The van der Waals surface area contributed by atoms with Crippen molar-refractivity contribution in [3.05, 3.63) is 63.6 Å². The molecule has 1 atom stereocenters. The van der Waals surface area contributed by atoms with E-state index in [1.165, 1.54) is 23.3 Å². The third-order valence-electron chi connectivity index (χ3n) is 7.31. The highest BCUT2D eigenvalue weighted by molar-refractivity contribution is 5.92. The molecule has 1 aromatic carbocycles. The van der Waals surface area contributed by atoms with Gasteiger partial charge in [0.05, 0.1) is 6.10 Å². The zero-order valence-electron chi connectivity index (χ0n) is 18.5. The van der Waals surface area contributed by atoms with Crippen LogP contribution in [0, 0.1) is 5.92 Å². The molecule has 1 aliphatic carbocycles. The van der Waals surface area contributed by atoms with Crippen LogP contribution in [0.3, 0.4) is 0 Å². The Morgan fingerprint density at radius 2 is 1.81 bits per heavy atom. The summed E-state index contributed by atoms with van der Waals surface area (Å²) in [5.74, 6) is 0.355. The smallest absolute Gasteiger partial charge is 0.274 e. The second kappa shape index (κ2) is 9.55. The fourth-order valence-corrected chi connectivity index (χ4v) is 5.51. The highest BCUT2D eigenvalue weighted by Gasteiger charge is 2.32. The van der Waals surface area contributed by atoms with Gasteiger partial charge in [0.2, 0.25) is 0 Å². The summed E-state index contributed by atoms with van der Waals surface area (Å²) in [6.45, 7) is 4.26. The third-order valence-corrected chi connectivity index (χ3v) is 7.31. The molecule has 7 nitrogen and oxygen atoms in total. The Morgan fingerprint density at radius 1 is 1.06 bits per heavy atom.